The minimum atomic E-state index is -0.646. The third kappa shape index (κ3) is 3.01. The zero-order valence-corrected chi connectivity index (χ0v) is 9.57. The van der Waals surface area contributed by atoms with E-state index in [2.05, 4.69) is 0 Å². The summed E-state index contributed by atoms with van der Waals surface area (Å²) in [7, 11) is 0. The van der Waals surface area contributed by atoms with Crippen molar-refractivity contribution in [2.24, 2.45) is 11.7 Å². The van der Waals surface area contributed by atoms with Gasteiger partial charge in [0.25, 0.3) is 0 Å². The van der Waals surface area contributed by atoms with E-state index in [0.29, 0.717) is 17.9 Å². The molecule has 2 rings (SSSR count). The van der Waals surface area contributed by atoms with Crippen LogP contribution in [-0.2, 0) is 0 Å². The van der Waals surface area contributed by atoms with Gasteiger partial charge in [-0.3, -0.25) is 0 Å². The van der Waals surface area contributed by atoms with Gasteiger partial charge in [0.15, 0.2) is 0 Å². The fraction of sp³-hybridized carbons (Fsp3) is 0.538. The van der Waals surface area contributed by atoms with Crippen LogP contribution in [0.4, 0.5) is 8.78 Å². The Morgan fingerprint density at radius 2 is 2.06 bits per heavy atom. The van der Waals surface area contributed by atoms with E-state index in [-0.39, 0.29) is 6.54 Å². The number of hydrogen-bond acceptors (Lipinski definition) is 2. The predicted molar refractivity (Wildman–Crippen MR) is 61.5 cm³/mol. The Labute approximate surface area is 99.4 Å². The third-order valence-electron chi connectivity index (χ3n) is 3.35. The van der Waals surface area contributed by atoms with Crippen molar-refractivity contribution < 1.29 is 13.9 Å². The Kier molecular flexibility index (Phi) is 3.74. The monoisotopic (exact) mass is 241 g/mol. The Balaban J connectivity index is 2.14. The lowest BCUT2D eigenvalue weighted by Crippen LogP contribution is -2.27. The molecule has 0 bridgehead atoms. The number of halogens is 2. The lowest BCUT2D eigenvalue weighted by atomic mass is 9.90. The van der Waals surface area contributed by atoms with Gasteiger partial charge in [-0.1, -0.05) is 18.9 Å². The molecule has 4 heteroatoms. The average Bonchev–Trinajstić information content (AvgIpc) is 3.06. The van der Waals surface area contributed by atoms with Crippen molar-refractivity contribution in [2.75, 3.05) is 6.54 Å². The highest BCUT2D eigenvalue weighted by molar-refractivity contribution is 5.24. The summed E-state index contributed by atoms with van der Waals surface area (Å²) in [6.07, 6.45) is 2.26. The molecule has 2 unspecified atom stereocenters. The molecule has 0 aromatic heterocycles. The first-order valence-electron chi connectivity index (χ1n) is 5.95. The maximum absolute atomic E-state index is 13.6. The first kappa shape index (κ1) is 12.5. The van der Waals surface area contributed by atoms with Crippen molar-refractivity contribution >= 4 is 0 Å². The summed E-state index contributed by atoms with van der Waals surface area (Å²) in [4.78, 5) is 0. The summed E-state index contributed by atoms with van der Waals surface area (Å²) in [5.74, 6) is -1.15. The zero-order valence-electron chi connectivity index (χ0n) is 9.57. The molecule has 94 valence electrons. The number of aliphatic hydroxyl groups excluding tert-OH is 1. The van der Waals surface area contributed by atoms with Crippen LogP contribution in [0.25, 0.3) is 0 Å². The smallest absolute Gasteiger partial charge is 0.129 e. The van der Waals surface area contributed by atoms with Crippen LogP contribution in [0.1, 0.15) is 30.7 Å². The first-order valence-corrected chi connectivity index (χ1v) is 5.95. The summed E-state index contributed by atoms with van der Waals surface area (Å²) in [5, 5.41) is 10.0. The van der Waals surface area contributed by atoms with E-state index in [1.165, 1.54) is 12.1 Å². The van der Waals surface area contributed by atoms with Crippen LogP contribution in [-0.4, -0.2) is 17.8 Å². The summed E-state index contributed by atoms with van der Waals surface area (Å²) in [5.41, 5.74) is 5.90. The highest BCUT2D eigenvalue weighted by atomic mass is 19.1. The van der Waals surface area contributed by atoms with Crippen molar-refractivity contribution in [2.45, 2.75) is 31.3 Å². The van der Waals surface area contributed by atoms with Crippen molar-refractivity contribution in [3.8, 4) is 0 Å². The second kappa shape index (κ2) is 5.10. The molecule has 0 aliphatic heterocycles. The minimum absolute atomic E-state index is 0.163. The fourth-order valence-electron chi connectivity index (χ4n) is 2.15. The van der Waals surface area contributed by atoms with Gasteiger partial charge in [0.05, 0.1) is 6.10 Å². The molecule has 1 saturated carbocycles. The molecule has 1 fully saturated rings. The van der Waals surface area contributed by atoms with Crippen molar-refractivity contribution in [1.29, 1.82) is 0 Å². The molecule has 1 aliphatic rings. The van der Waals surface area contributed by atoms with Crippen LogP contribution < -0.4 is 5.73 Å². The van der Waals surface area contributed by atoms with Crippen LogP contribution in [0.3, 0.4) is 0 Å². The molecule has 2 atom stereocenters. The van der Waals surface area contributed by atoms with Crippen LogP contribution >= 0.6 is 0 Å². The lowest BCUT2D eigenvalue weighted by molar-refractivity contribution is 0.128. The number of benzene rings is 1. The molecule has 1 aromatic carbocycles. The molecular weight excluding hydrogens is 224 g/mol. The molecule has 0 spiro atoms. The van der Waals surface area contributed by atoms with Crippen LogP contribution in [0, 0.1) is 17.6 Å². The molecule has 2 nitrogen and oxygen atoms in total. The Hall–Kier alpha value is -1.00. The number of hydrogen-bond donors (Lipinski definition) is 2. The number of aliphatic hydroxyl groups is 1. The molecule has 0 radical (unpaired) electrons. The Morgan fingerprint density at radius 3 is 2.59 bits per heavy atom. The van der Waals surface area contributed by atoms with Gasteiger partial charge in [0, 0.05) is 18.5 Å². The molecule has 17 heavy (non-hydrogen) atoms. The van der Waals surface area contributed by atoms with Gasteiger partial charge in [-0.05, 0) is 24.0 Å². The first-order chi connectivity index (χ1) is 8.11. The SMILES string of the molecule is NCC(c1ccc(F)cc1F)C(O)CC1CC1. The maximum Gasteiger partial charge on any atom is 0.129 e. The lowest BCUT2D eigenvalue weighted by Gasteiger charge is -2.22. The van der Waals surface area contributed by atoms with E-state index in [0.717, 1.165) is 18.9 Å². The molecule has 1 aliphatic carbocycles. The number of nitrogens with two attached hydrogens (primary N) is 1. The molecule has 0 amide bonds. The van der Waals surface area contributed by atoms with Crippen LogP contribution in [0.2, 0.25) is 0 Å². The maximum atomic E-state index is 13.6. The van der Waals surface area contributed by atoms with E-state index in [9.17, 15) is 13.9 Å². The fourth-order valence-corrected chi connectivity index (χ4v) is 2.15. The van der Waals surface area contributed by atoms with Crippen molar-refractivity contribution in [3.05, 3.63) is 35.4 Å². The molecule has 0 saturated heterocycles. The number of rotatable bonds is 5. The molecule has 1 aromatic rings. The van der Waals surface area contributed by atoms with Gasteiger partial charge < -0.3 is 10.8 Å². The normalized spacial score (nSPS) is 19.1. The summed E-state index contributed by atoms with van der Waals surface area (Å²) in [6.45, 7) is 0.163. The zero-order chi connectivity index (χ0) is 12.4. The minimum Gasteiger partial charge on any atom is -0.392 e. The second-order valence-electron chi connectivity index (χ2n) is 4.75. The Bertz CT molecular complexity index is 393. The predicted octanol–water partition coefficient (Wildman–Crippen LogP) is 2.17. The second-order valence-corrected chi connectivity index (χ2v) is 4.75. The van der Waals surface area contributed by atoms with Gasteiger partial charge in [0.2, 0.25) is 0 Å². The average molecular weight is 241 g/mol. The van der Waals surface area contributed by atoms with Gasteiger partial charge >= 0.3 is 0 Å². The Morgan fingerprint density at radius 1 is 1.35 bits per heavy atom. The summed E-state index contributed by atoms with van der Waals surface area (Å²) < 4.78 is 26.4. The van der Waals surface area contributed by atoms with E-state index < -0.39 is 23.7 Å². The van der Waals surface area contributed by atoms with Crippen molar-refractivity contribution in [1.82, 2.24) is 0 Å². The topological polar surface area (TPSA) is 46.2 Å². The van der Waals surface area contributed by atoms with E-state index in [1.54, 1.807) is 0 Å². The van der Waals surface area contributed by atoms with Gasteiger partial charge in [-0.15, -0.1) is 0 Å². The molecular formula is C13H17F2NO. The summed E-state index contributed by atoms with van der Waals surface area (Å²) in [6, 6.07) is 3.41. The molecule has 0 heterocycles. The highest BCUT2D eigenvalue weighted by Gasteiger charge is 2.30. The van der Waals surface area contributed by atoms with E-state index in [4.69, 9.17) is 5.73 Å². The quantitative estimate of drug-likeness (QED) is 0.830. The van der Waals surface area contributed by atoms with Crippen LogP contribution in [0.5, 0.6) is 0 Å². The summed E-state index contributed by atoms with van der Waals surface area (Å²) >= 11 is 0. The molecule has 3 N–H and O–H groups in total. The van der Waals surface area contributed by atoms with Gasteiger partial charge in [0.1, 0.15) is 11.6 Å². The highest BCUT2D eigenvalue weighted by Crippen LogP contribution is 2.36. The van der Waals surface area contributed by atoms with E-state index in [1.807, 2.05) is 0 Å². The van der Waals surface area contributed by atoms with Crippen LogP contribution in [0.15, 0.2) is 18.2 Å². The largest absolute Gasteiger partial charge is 0.392 e. The standard InChI is InChI=1S/C13H17F2NO/c14-9-3-4-10(12(15)6-9)11(7-16)13(17)5-8-1-2-8/h3-4,6,8,11,13,17H,1-2,5,7,16H2. The van der Waals surface area contributed by atoms with Crippen molar-refractivity contribution in [3.63, 3.8) is 0 Å². The van der Waals surface area contributed by atoms with Gasteiger partial charge in [-0.2, -0.15) is 0 Å². The van der Waals surface area contributed by atoms with E-state index >= 15 is 0 Å². The van der Waals surface area contributed by atoms with Gasteiger partial charge in [-0.25, -0.2) is 8.78 Å². The third-order valence-corrected chi connectivity index (χ3v) is 3.35.